The summed E-state index contributed by atoms with van der Waals surface area (Å²) in [4.78, 5) is 0. The molecule has 0 aromatic heterocycles. The quantitative estimate of drug-likeness (QED) is 0.143. The number of hydrogen-bond donors (Lipinski definition) is 6. The first kappa shape index (κ1) is 34.9. The zero-order valence-corrected chi connectivity index (χ0v) is 25.2. The summed E-state index contributed by atoms with van der Waals surface area (Å²) in [6.45, 7) is 4.54. The van der Waals surface area contributed by atoms with Crippen LogP contribution in [0.3, 0.4) is 0 Å². The topological polar surface area (TPSA) is 177 Å². The molecule has 236 valence electrons. The average Bonchev–Trinajstić information content (AvgIpc) is 2.98. The van der Waals surface area contributed by atoms with Gasteiger partial charge in [0, 0.05) is 36.1 Å². The molecule has 0 amide bonds. The van der Waals surface area contributed by atoms with Gasteiger partial charge in [0.25, 0.3) is 0 Å². The van der Waals surface area contributed by atoms with E-state index in [1.165, 1.54) is 54.8 Å². The van der Waals surface area contributed by atoms with Crippen molar-refractivity contribution in [2.45, 2.75) is 55.7 Å². The van der Waals surface area contributed by atoms with Gasteiger partial charge in [-0.1, -0.05) is 5.57 Å². The molecule has 0 saturated carbocycles. The van der Waals surface area contributed by atoms with Crippen LogP contribution >= 0.6 is 0 Å². The van der Waals surface area contributed by atoms with Gasteiger partial charge >= 0.3 is 0 Å². The zero-order valence-electron chi connectivity index (χ0n) is 25.2. The number of ether oxygens (including phenoxy) is 6. The third kappa shape index (κ3) is 7.38. The largest absolute Gasteiger partial charge is 0.497 e. The molecule has 0 saturated heterocycles. The summed E-state index contributed by atoms with van der Waals surface area (Å²) in [5, 5.41) is 67.5. The lowest BCUT2D eigenvalue weighted by atomic mass is 9.71. The minimum absolute atomic E-state index is 0.150. The lowest BCUT2D eigenvalue weighted by Crippen LogP contribution is -2.66. The van der Waals surface area contributed by atoms with Crippen LogP contribution in [0.5, 0.6) is 34.5 Å². The summed E-state index contributed by atoms with van der Waals surface area (Å²) in [6.07, 6.45) is -7.40. The van der Waals surface area contributed by atoms with Crippen LogP contribution in [0.15, 0.2) is 36.4 Å². The highest BCUT2D eigenvalue weighted by Crippen LogP contribution is 2.43. The summed E-state index contributed by atoms with van der Waals surface area (Å²) in [5.41, 5.74) is -3.93. The molecule has 0 fully saturated rings. The van der Waals surface area contributed by atoms with E-state index in [2.05, 4.69) is 6.58 Å². The molecule has 0 bridgehead atoms. The van der Waals surface area contributed by atoms with Crippen molar-refractivity contribution in [1.82, 2.24) is 0 Å². The Balaban J connectivity index is 2.81. The van der Waals surface area contributed by atoms with Crippen LogP contribution in [0.1, 0.15) is 24.5 Å². The van der Waals surface area contributed by atoms with E-state index in [4.69, 9.17) is 28.4 Å². The normalized spacial score (nSPS) is 16.3. The van der Waals surface area contributed by atoms with Gasteiger partial charge in [-0.15, -0.1) is 6.58 Å². The van der Waals surface area contributed by atoms with Crippen LogP contribution < -0.4 is 28.4 Å². The lowest BCUT2D eigenvalue weighted by Gasteiger charge is -2.46. The van der Waals surface area contributed by atoms with Crippen molar-refractivity contribution >= 4 is 0 Å². The molecule has 0 aliphatic heterocycles. The Morgan fingerprint density at radius 2 is 1.19 bits per heavy atom. The first-order valence-electron chi connectivity index (χ1n) is 13.1. The molecule has 0 radical (unpaired) electrons. The van der Waals surface area contributed by atoms with Gasteiger partial charge in [-0.3, -0.25) is 0 Å². The van der Waals surface area contributed by atoms with Gasteiger partial charge < -0.3 is 59.1 Å². The van der Waals surface area contributed by atoms with E-state index in [1.807, 2.05) is 0 Å². The van der Waals surface area contributed by atoms with E-state index in [0.717, 1.165) is 0 Å². The summed E-state index contributed by atoms with van der Waals surface area (Å²) in [6, 6.07) is 6.18. The molecular weight excluding hydrogens is 552 g/mol. The zero-order chi connectivity index (χ0) is 31.8. The van der Waals surface area contributed by atoms with E-state index in [0.29, 0.717) is 28.4 Å². The third-order valence-electron chi connectivity index (χ3n) is 7.15. The fourth-order valence-corrected chi connectivity index (χ4v) is 5.20. The molecular formula is C30H44O12. The van der Waals surface area contributed by atoms with Crippen LogP contribution in [-0.4, -0.2) is 109 Å². The molecule has 0 spiro atoms. The van der Waals surface area contributed by atoms with Crippen LogP contribution in [0.2, 0.25) is 0 Å². The van der Waals surface area contributed by atoms with Crippen molar-refractivity contribution < 1.29 is 59.1 Å². The minimum atomic E-state index is -2.69. The van der Waals surface area contributed by atoms with Crippen molar-refractivity contribution in [1.29, 1.82) is 0 Å². The number of aliphatic hydroxyl groups is 6. The van der Waals surface area contributed by atoms with Crippen molar-refractivity contribution in [2.24, 2.45) is 0 Å². The Morgan fingerprint density at radius 1 is 0.738 bits per heavy atom. The second-order valence-corrected chi connectivity index (χ2v) is 10.2. The predicted molar refractivity (Wildman–Crippen MR) is 154 cm³/mol. The van der Waals surface area contributed by atoms with Crippen molar-refractivity contribution in [3.05, 3.63) is 47.5 Å². The van der Waals surface area contributed by atoms with Gasteiger partial charge in [0.1, 0.15) is 41.0 Å². The van der Waals surface area contributed by atoms with Crippen LogP contribution in [0, 0.1) is 0 Å². The molecule has 2 aromatic rings. The van der Waals surface area contributed by atoms with Crippen molar-refractivity contribution in [3.8, 4) is 34.5 Å². The molecule has 2 aromatic carbocycles. The molecule has 5 atom stereocenters. The molecule has 6 N–H and O–H groups in total. The maximum absolute atomic E-state index is 12.2. The Hall–Kier alpha value is -3.26. The van der Waals surface area contributed by atoms with Gasteiger partial charge in [0.05, 0.1) is 49.3 Å². The molecule has 0 heterocycles. The highest BCUT2D eigenvalue weighted by molar-refractivity contribution is 5.54. The van der Waals surface area contributed by atoms with Gasteiger partial charge in [-0.05, 0) is 25.5 Å². The monoisotopic (exact) mass is 596 g/mol. The predicted octanol–water partition coefficient (Wildman–Crippen LogP) is 1.03. The number of hydrogen-bond acceptors (Lipinski definition) is 12. The Labute approximate surface area is 246 Å². The third-order valence-corrected chi connectivity index (χ3v) is 7.15. The van der Waals surface area contributed by atoms with E-state index >= 15 is 0 Å². The highest BCUT2D eigenvalue weighted by Gasteiger charge is 2.55. The number of rotatable bonds is 17. The molecule has 0 aliphatic rings. The Morgan fingerprint density at radius 3 is 1.55 bits per heavy atom. The highest BCUT2D eigenvalue weighted by atomic mass is 16.5. The molecule has 42 heavy (non-hydrogen) atoms. The fourth-order valence-electron chi connectivity index (χ4n) is 5.20. The van der Waals surface area contributed by atoms with Crippen molar-refractivity contribution in [3.63, 3.8) is 0 Å². The summed E-state index contributed by atoms with van der Waals surface area (Å²) in [7, 11) is 8.45. The molecule has 1 unspecified atom stereocenters. The van der Waals surface area contributed by atoms with Gasteiger partial charge in [0.15, 0.2) is 23.0 Å². The second kappa shape index (κ2) is 14.8. The molecule has 12 nitrogen and oxygen atoms in total. The van der Waals surface area contributed by atoms with Crippen LogP contribution in [-0.2, 0) is 12.8 Å². The van der Waals surface area contributed by atoms with Crippen molar-refractivity contribution in [2.75, 3.05) is 49.3 Å². The molecule has 2 rings (SSSR count). The first-order valence-corrected chi connectivity index (χ1v) is 13.1. The SMILES string of the molecule is C=C(C)CC(O)(Cc1cc(OC)cc(OC)c1OC)[C@@H](O)[C@@](O)(Cc1cc(OC)cc(OC)c1OC)[C@H](O)[C@@H](O)CO. The van der Waals surface area contributed by atoms with E-state index in [9.17, 15) is 30.6 Å². The number of aliphatic hydroxyl groups excluding tert-OH is 4. The van der Waals surface area contributed by atoms with Crippen LogP contribution in [0.25, 0.3) is 0 Å². The van der Waals surface area contributed by atoms with Gasteiger partial charge in [-0.2, -0.15) is 0 Å². The standard InChI is InChI=1S/C30H44O12/c1-17(2)13-29(35,14-18-9-20(37-3)11-23(39-5)25(18)41-7)28(34)30(36,27(33)22(32)16-31)15-19-10-21(38-4)12-24(40-6)26(19)42-8/h9-12,22,27-28,31-36H,1,13-16H2,2-8H3/t22-,27+,28+,29?,30+/m0/s1. The lowest BCUT2D eigenvalue weighted by molar-refractivity contribution is -0.228. The first-order chi connectivity index (χ1) is 19.8. The Bertz CT molecular complexity index is 1200. The Kier molecular flexibility index (Phi) is 12.3. The second-order valence-electron chi connectivity index (χ2n) is 10.2. The smallest absolute Gasteiger partial charge is 0.164 e. The van der Waals surface area contributed by atoms with E-state index in [1.54, 1.807) is 19.1 Å². The fraction of sp³-hybridized carbons (Fsp3) is 0.533. The number of benzene rings is 2. The molecule has 0 aliphatic carbocycles. The minimum Gasteiger partial charge on any atom is -0.497 e. The molecule has 12 heteroatoms. The number of methoxy groups -OCH3 is 6. The maximum Gasteiger partial charge on any atom is 0.164 e. The summed E-state index contributed by atoms with van der Waals surface area (Å²) >= 11 is 0. The van der Waals surface area contributed by atoms with Gasteiger partial charge in [0.2, 0.25) is 0 Å². The summed E-state index contributed by atoms with van der Waals surface area (Å²) < 4.78 is 32.6. The maximum atomic E-state index is 12.2. The summed E-state index contributed by atoms with van der Waals surface area (Å²) in [5.74, 6) is 1.59. The van der Waals surface area contributed by atoms with Gasteiger partial charge in [-0.25, -0.2) is 0 Å². The van der Waals surface area contributed by atoms with Crippen LogP contribution in [0.4, 0.5) is 0 Å². The van der Waals surface area contributed by atoms with E-state index in [-0.39, 0.29) is 35.7 Å². The van der Waals surface area contributed by atoms with E-state index < -0.39 is 42.5 Å². The average molecular weight is 597 g/mol.